The zero-order valence-electron chi connectivity index (χ0n) is 17.7. The van der Waals surface area contributed by atoms with Crippen LogP contribution in [-0.4, -0.2) is 39.4 Å². The van der Waals surface area contributed by atoms with E-state index < -0.39 is 0 Å². The van der Waals surface area contributed by atoms with Gasteiger partial charge in [0, 0.05) is 7.05 Å². The first-order chi connectivity index (χ1) is 15.0. The van der Waals surface area contributed by atoms with E-state index in [9.17, 15) is 9.59 Å². The number of benzene rings is 2. The van der Waals surface area contributed by atoms with Crippen molar-refractivity contribution in [2.45, 2.75) is 25.0 Å². The second-order valence-corrected chi connectivity index (χ2v) is 7.88. The molecule has 1 aromatic heterocycles. The number of nitrogens with one attached hydrogen (secondary N) is 2. The fourth-order valence-corrected chi connectivity index (χ4v) is 3.61. The highest BCUT2D eigenvalue weighted by atomic mass is 32.2. The molecule has 3 aromatic rings. The molecule has 0 spiro atoms. The summed E-state index contributed by atoms with van der Waals surface area (Å²) >= 11 is 1.27. The molecule has 9 heteroatoms. The molecule has 2 aromatic carbocycles. The lowest BCUT2D eigenvalue weighted by atomic mass is 10.1. The number of anilines is 1. The van der Waals surface area contributed by atoms with E-state index in [0.29, 0.717) is 28.8 Å². The second-order valence-electron chi connectivity index (χ2n) is 6.94. The van der Waals surface area contributed by atoms with Gasteiger partial charge in [-0.1, -0.05) is 48.2 Å². The van der Waals surface area contributed by atoms with Crippen molar-refractivity contribution in [3.63, 3.8) is 0 Å². The topological polar surface area (TPSA) is 98.1 Å². The molecule has 0 radical (unpaired) electrons. The molecule has 0 fully saturated rings. The Kier molecular flexibility index (Phi) is 7.66. The smallest absolute Gasteiger partial charge is 0.234 e. The molecule has 0 aliphatic heterocycles. The first-order valence-corrected chi connectivity index (χ1v) is 10.7. The van der Waals surface area contributed by atoms with Crippen molar-refractivity contribution in [3.05, 3.63) is 65.5 Å². The first kappa shape index (κ1) is 22.4. The minimum absolute atomic E-state index is 0.0881. The first-order valence-electron chi connectivity index (χ1n) is 9.72. The Hall–Kier alpha value is -3.33. The maximum atomic E-state index is 12.4. The number of hydrogen-bond donors (Lipinski definition) is 2. The van der Waals surface area contributed by atoms with Crippen LogP contribution in [0.4, 0.5) is 5.69 Å². The molecule has 31 heavy (non-hydrogen) atoms. The molecule has 0 aliphatic rings. The predicted octanol–water partition coefficient (Wildman–Crippen LogP) is 2.72. The highest BCUT2D eigenvalue weighted by molar-refractivity contribution is 7.99. The van der Waals surface area contributed by atoms with E-state index in [1.165, 1.54) is 11.8 Å². The van der Waals surface area contributed by atoms with Crippen molar-refractivity contribution in [1.82, 2.24) is 20.1 Å². The molecule has 0 saturated heterocycles. The van der Waals surface area contributed by atoms with Gasteiger partial charge in [0.15, 0.2) is 11.0 Å². The zero-order chi connectivity index (χ0) is 22.2. The van der Waals surface area contributed by atoms with Gasteiger partial charge in [0.2, 0.25) is 11.8 Å². The lowest BCUT2D eigenvalue weighted by Crippen LogP contribution is -2.26. The van der Waals surface area contributed by atoms with Gasteiger partial charge in [-0.25, -0.2) is 0 Å². The molecule has 1 heterocycles. The van der Waals surface area contributed by atoms with Gasteiger partial charge in [-0.3, -0.25) is 9.59 Å². The van der Waals surface area contributed by atoms with Crippen LogP contribution in [-0.2, 0) is 29.6 Å². The minimum Gasteiger partial charge on any atom is -0.495 e. The lowest BCUT2D eigenvalue weighted by molar-refractivity contribution is -0.120. The number of rotatable bonds is 9. The SMILES string of the molecule is COc1ccc(C)cc1NC(=O)CSc1nnc(CNC(=O)Cc2ccccc2)n1C. The third kappa shape index (κ3) is 6.32. The minimum atomic E-state index is -0.172. The summed E-state index contributed by atoms with van der Waals surface area (Å²) < 4.78 is 7.06. The quantitative estimate of drug-likeness (QED) is 0.498. The van der Waals surface area contributed by atoms with Gasteiger partial charge >= 0.3 is 0 Å². The number of amides is 2. The highest BCUT2D eigenvalue weighted by Crippen LogP contribution is 2.25. The maximum absolute atomic E-state index is 12.4. The van der Waals surface area contributed by atoms with Gasteiger partial charge in [0.05, 0.1) is 31.5 Å². The summed E-state index contributed by atoms with van der Waals surface area (Å²) in [5.41, 5.74) is 2.61. The van der Waals surface area contributed by atoms with E-state index in [2.05, 4.69) is 20.8 Å². The average Bonchev–Trinajstić information content (AvgIpc) is 3.11. The lowest BCUT2D eigenvalue weighted by Gasteiger charge is -2.11. The van der Waals surface area contributed by atoms with Crippen molar-refractivity contribution in [3.8, 4) is 5.75 Å². The number of methoxy groups -OCH3 is 1. The van der Waals surface area contributed by atoms with E-state index in [0.717, 1.165) is 11.1 Å². The number of aromatic nitrogens is 3. The summed E-state index contributed by atoms with van der Waals surface area (Å²) in [5, 5.41) is 14.6. The molecule has 0 unspecified atom stereocenters. The number of aryl methyl sites for hydroxylation is 1. The molecule has 8 nitrogen and oxygen atoms in total. The van der Waals surface area contributed by atoms with Crippen LogP contribution in [0.1, 0.15) is 17.0 Å². The van der Waals surface area contributed by atoms with Gasteiger partial charge in [0.1, 0.15) is 5.75 Å². The predicted molar refractivity (Wildman–Crippen MR) is 120 cm³/mol. The molecule has 3 rings (SSSR count). The average molecular weight is 440 g/mol. The molecule has 2 N–H and O–H groups in total. The largest absolute Gasteiger partial charge is 0.495 e. The summed E-state index contributed by atoms with van der Waals surface area (Å²) in [7, 11) is 3.37. The van der Waals surface area contributed by atoms with Gasteiger partial charge in [-0.05, 0) is 30.2 Å². The van der Waals surface area contributed by atoms with Crippen molar-refractivity contribution < 1.29 is 14.3 Å². The normalized spacial score (nSPS) is 10.5. The van der Waals surface area contributed by atoms with Crippen LogP contribution in [0.2, 0.25) is 0 Å². The molecular formula is C22H25N5O3S. The Morgan fingerprint density at radius 1 is 1.10 bits per heavy atom. The van der Waals surface area contributed by atoms with E-state index in [4.69, 9.17) is 4.74 Å². The Morgan fingerprint density at radius 2 is 1.87 bits per heavy atom. The van der Waals surface area contributed by atoms with Crippen LogP contribution < -0.4 is 15.4 Å². The van der Waals surface area contributed by atoms with Crippen LogP contribution in [0.25, 0.3) is 0 Å². The zero-order valence-corrected chi connectivity index (χ0v) is 18.5. The van der Waals surface area contributed by atoms with Crippen LogP contribution >= 0.6 is 11.8 Å². The molecule has 0 aliphatic carbocycles. The third-order valence-corrected chi connectivity index (χ3v) is 5.56. The van der Waals surface area contributed by atoms with Crippen molar-refractivity contribution in [1.29, 1.82) is 0 Å². The fourth-order valence-electron chi connectivity index (χ4n) is 2.88. The summed E-state index contributed by atoms with van der Waals surface area (Å²) in [5.74, 6) is 1.13. The second kappa shape index (κ2) is 10.6. The monoisotopic (exact) mass is 439 g/mol. The summed E-state index contributed by atoms with van der Waals surface area (Å²) in [6.07, 6.45) is 0.308. The van der Waals surface area contributed by atoms with E-state index in [1.54, 1.807) is 11.7 Å². The van der Waals surface area contributed by atoms with Crippen molar-refractivity contribution in [2.24, 2.45) is 7.05 Å². The van der Waals surface area contributed by atoms with E-state index in [-0.39, 0.29) is 24.1 Å². The molecule has 0 bridgehead atoms. The number of carbonyl (C=O) groups excluding carboxylic acids is 2. The molecule has 2 amide bonds. The Labute approximate surface area is 185 Å². The van der Waals surface area contributed by atoms with Gasteiger partial charge in [-0.2, -0.15) is 0 Å². The van der Waals surface area contributed by atoms with Crippen LogP contribution in [0.3, 0.4) is 0 Å². The maximum Gasteiger partial charge on any atom is 0.234 e. The van der Waals surface area contributed by atoms with Gasteiger partial charge < -0.3 is 19.9 Å². The van der Waals surface area contributed by atoms with Gasteiger partial charge in [-0.15, -0.1) is 10.2 Å². The third-order valence-electron chi connectivity index (χ3n) is 4.54. The number of thioether (sulfide) groups is 1. The fraction of sp³-hybridized carbons (Fsp3) is 0.273. The Morgan fingerprint density at radius 3 is 2.61 bits per heavy atom. The Balaban J connectivity index is 1.50. The molecule has 0 saturated carbocycles. The number of ether oxygens (including phenoxy) is 1. The van der Waals surface area contributed by atoms with Crippen LogP contribution in [0, 0.1) is 6.92 Å². The number of nitrogens with zero attached hydrogens (tertiary/aromatic N) is 3. The van der Waals surface area contributed by atoms with Crippen molar-refractivity contribution >= 4 is 29.3 Å². The van der Waals surface area contributed by atoms with Crippen molar-refractivity contribution in [2.75, 3.05) is 18.2 Å². The summed E-state index contributed by atoms with van der Waals surface area (Å²) in [6, 6.07) is 15.1. The van der Waals surface area contributed by atoms with E-state index in [1.807, 2.05) is 62.5 Å². The van der Waals surface area contributed by atoms with Crippen LogP contribution in [0.5, 0.6) is 5.75 Å². The van der Waals surface area contributed by atoms with Gasteiger partial charge in [0.25, 0.3) is 0 Å². The number of hydrogen-bond acceptors (Lipinski definition) is 6. The Bertz CT molecular complexity index is 1050. The molecule has 0 atom stereocenters. The standard InChI is InChI=1S/C22H25N5O3S/c1-15-9-10-18(30-3)17(11-15)24-21(29)14-31-22-26-25-19(27(22)2)13-23-20(28)12-16-7-5-4-6-8-16/h4-11H,12-14H2,1-3H3,(H,23,28)(H,24,29). The molecular weight excluding hydrogens is 414 g/mol. The number of carbonyl (C=O) groups is 2. The summed E-state index contributed by atoms with van der Waals surface area (Å²) in [4.78, 5) is 24.5. The van der Waals surface area contributed by atoms with E-state index >= 15 is 0 Å². The van der Waals surface area contributed by atoms with Crippen LogP contribution in [0.15, 0.2) is 53.7 Å². The highest BCUT2D eigenvalue weighted by Gasteiger charge is 2.14. The molecule has 162 valence electrons. The summed E-state index contributed by atoms with van der Waals surface area (Å²) in [6.45, 7) is 2.21.